The second-order valence-corrected chi connectivity index (χ2v) is 5.28. The molecule has 104 valence electrons. The maximum Gasteiger partial charge on any atom is 0.220 e. The molecule has 0 aliphatic carbocycles. The van der Waals surface area contributed by atoms with Crippen molar-refractivity contribution in [3.63, 3.8) is 0 Å². The Hall–Kier alpha value is -1.69. The maximum absolute atomic E-state index is 11.4. The Morgan fingerprint density at radius 2 is 2.00 bits per heavy atom. The molecule has 1 aromatic rings. The topological polar surface area (TPSA) is 86.6 Å². The minimum absolute atomic E-state index is 0.00682. The highest BCUT2D eigenvalue weighted by molar-refractivity contribution is 8.13. The fourth-order valence-corrected chi connectivity index (χ4v) is 2.02. The molecule has 0 bridgehead atoms. The number of carbonyl (C=O) groups is 2. The van der Waals surface area contributed by atoms with Crippen LogP contribution in [0.15, 0.2) is 18.2 Å². The van der Waals surface area contributed by atoms with Gasteiger partial charge in [0.25, 0.3) is 0 Å². The number of benzene rings is 1. The molecule has 1 rings (SSSR count). The van der Waals surface area contributed by atoms with Crippen molar-refractivity contribution in [3.8, 4) is 11.5 Å². The molecule has 0 atom stereocenters. The molecule has 0 heterocycles. The van der Waals surface area contributed by atoms with E-state index in [-0.39, 0.29) is 22.5 Å². The lowest BCUT2D eigenvalue weighted by atomic mass is 10.1. The van der Waals surface area contributed by atoms with E-state index in [1.165, 1.54) is 19.1 Å². The fraction of sp³-hybridized carbons (Fsp3) is 0.385. The quantitative estimate of drug-likeness (QED) is 0.687. The highest BCUT2D eigenvalue weighted by Gasteiger charge is 2.04. The van der Waals surface area contributed by atoms with E-state index in [1.54, 1.807) is 6.07 Å². The highest BCUT2D eigenvalue weighted by Crippen LogP contribution is 2.24. The number of amides is 1. The Morgan fingerprint density at radius 1 is 1.26 bits per heavy atom. The summed E-state index contributed by atoms with van der Waals surface area (Å²) < 4.78 is 0. The van der Waals surface area contributed by atoms with Crippen molar-refractivity contribution in [3.05, 3.63) is 23.8 Å². The molecular weight excluding hydrogens is 266 g/mol. The van der Waals surface area contributed by atoms with Crippen molar-refractivity contribution >= 4 is 22.8 Å². The third kappa shape index (κ3) is 6.15. The van der Waals surface area contributed by atoms with Crippen LogP contribution < -0.4 is 5.32 Å². The Morgan fingerprint density at radius 3 is 2.63 bits per heavy atom. The minimum atomic E-state index is -0.165. The fourth-order valence-electron chi connectivity index (χ4n) is 1.45. The standard InChI is InChI=1S/C13H17NO4S/c1-9(15)19-7-5-13(18)14-6-4-10-2-3-11(16)12(17)8-10/h2-3,8,16-17H,4-7H2,1H3,(H,14,18). The molecule has 0 unspecified atom stereocenters. The maximum atomic E-state index is 11.4. The van der Waals surface area contributed by atoms with E-state index in [0.717, 1.165) is 17.3 Å². The van der Waals surface area contributed by atoms with Gasteiger partial charge in [-0.05, 0) is 24.1 Å². The average molecular weight is 283 g/mol. The number of aromatic hydroxyl groups is 2. The van der Waals surface area contributed by atoms with E-state index in [4.69, 9.17) is 5.11 Å². The summed E-state index contributed by atoms with van der Waals surface area (Å²) in [5.74, 6) is 0.0636. The van der Waals surface area contributed by atoms with Crippen LogP contribution >= 0.6 is 11.8 Å². The summed E-state index contributed by atoms with van der Waals surface area (Å²) in [6.07, 6.45) is 0.879. The van der Waals surface area contributed by atoms with Crippen molar-refractivity contribution in [1.29, 1.82) is 0 Å². The van der Waals surface area contributed by atoms with Gasteiger partial charge in [0.2, 0.25) is 5.91 Å². The number of rotatable bonds is 6. The number of hydrogen-bond acceptors (Lipinski definition) is 5. The Kier molecular flexibility index (Phi) is 6.21. The van der Waals surface area contributed by atoms with Crippen molar-refractivity contribution in [2.45, 2.75) is 19.8 Å². The molecular formula is C13H17NO4S. The first kappa shape index (κ1) is 15.4. The van der Waals surface area contributed by atoms with Gasteiger partial charge in [0.05, 0.1) is 0 Å². The van der Waals surface area contributed by atoms with Gasteiger partial charge in [-0.1, -0.05) is 17.8 Å². The number of thioether (sulfide) groups is 1. The number of phenolic OH excluding ortho intramolecular Hbond substituents is 2. The van der Waals surface area contributed by atoms with Crippen LogP contribution in [0.25, 0.3) is 0 Å². The summed E-state index contributed by atoms with van der Waals surface area (Å²) in [6, 6.07) is 4.57. The van der Waals surface area contributed by atoms with Gasteiger partial charge in [0, 0.05) is 25.6 Å². The number of hydrogen-bond donors (Lipinski definition) is 3. The number of carbonyl (C=O) groups excluding carboxylic acids is 2. The molecule has 5 nitrogen and oxygen atoms in total. The zero-order valence-electron chi connectivity index (χ0n) is 10.7. The van der Waals surface area contributed by atoms with Crippen LogP contribution in [0.3, 0.4) is 0 Å². The second kappa shape index (κ2) is 7.68. The molecule has 1 aromatic carbocycles. The summed E-state index contributed by atoms with van der Waals surface area (Å²) in [7, 11) is 0. The van der Waals surface area contributed by atoms with Crippen molar-refractivity contribution in [2.75, 3.05) is 12.3 Å². The van der Waals surface area contributed by atoms with Crippen LogP contribution in [-0.4, -0.2) is 33.5 Å². The van der Waals surface area contributed by atoms with Gasteiger partial charge in [-0.25, -0.2) is 0 Å². The number of phenols is 2. The van der Waals surface area contributed by atoms with Gasteiger partial charge >= 0.3 is 0 Å². The summed E-state index contributed by atoms with van der Waals surface area (Å²) in [4.78, 5) is 22.1. The molecule has 0 aliphatic rings. The average Bonchev–Trinajstić information content (AvgIpc) is 2.33. The third-order valence-corrected chi connectivity index (χ3v) is 3.22. The monoisotopic (exact) mass is 283 g/mol. The first-order valence-corrected chi connectivity index (χ1v) is 6.88. The SMILES string of the molecule is CC(=O)SCCC(=O)NCCc1ccc(O)c(O)c1. The predicted molar refractivity (Wildman–Crippen MR) is 74.2 cm³/mol. The highest BCUT2D eigenvalue weighted by atomic mass is 32.2. The molecule has 0 aliphatic heterocycles. The smallest absolute Gasteiger partial charge is 0.220 e. The second-order valence-electron chi connectivity index (χ2n) is 4.01. The Bertz CT molecular complexity index is 462. The molecule has 19 heavy (non-hydrogen) atoms. The van der Waals surface area contributed by atoms with Crippen molar-refractivity contribution in [2.24, 2.45) is 0 Å². The van der Waals surface area contributed by atoms with E-state index in [9.17, 15) is 14.7 Å². The summed E-state index contributed by atoms with van der Waals surface area (Å²) in [5.41, 5.74) is 0.828. The Balaban J connectivity index is 2.24. The Labute approximate surface area is 116 Å². The normalized spacial score (nSPS) is 10.2. The van der Waals surface area contributed by atoms with E-state index >= 15 is 0 Å². The van der Waals surface area contributed by atoms with Crippen molar-refractivity contribution < 1.29 is 19.8 Å². The van der Waals surface area contributed by atoms with Gasteiger partial charge in [0.1, 0.15) is 0 Å². The van der Waals surface area contributed by atoms with Crippen LogP contribution in [0.4, 0.5) is 0 Å². The number of nitrogens with one attached hydrogen (secondary N) is 1. The van der Waals surface area contributed by atoms with E-state index in [2.05, 4.69) is 5.32 Å². The molecule has 0 saturated carbocycles. The first-order valence-electron chi connectivity index (χ1n) is 5.90. The van der Waals surface area contributed by atoms with Gasteiger partial charge in [-0.2, -0.15) is 0 Å². The lowest BCUT2D eigenvalue weighted by Gasteiger charge is -2.06. The van der Waals surface area contributed by atoms with Crippen LogP contribution in [0.2, 0.25) is 0 Å². The van der Waals surface area contributed by atoms with E-state index in [1.807, 2.05) is 0 Å². The minimum Gasteiger partial charge on any atom is -0.504 e. The zero-order chi connectivity index (χ0) is 14.3. The molecule has 3 N–H and O–H groups in total. The molecule has 0 fully saturated rings. The van der Waals surface area contributed by atoms with Gasteiger partial charge in [-0.15, -0.1) is 0 Å². The van der Waals surface area contributed by atoms with Gasteiger partial charge in [-0.3, -0.25) is 9.59 Å². The van der Waals surface area contributed by atoms with Gasteiger partial charge < -0.3 is 15.5 Å². The molecule has 6 heteroatoms. The third-order valence-electron chi connectivity index (χ3n) is 2.41. The first-order chi connectivity index (χ1) is 8.99. The van der Waals surface area contributed by atoms with Crippen LogP contribution in [0, 0.1) is 0 Å². The van der Waals surface area contributed by atoms with Crippen molar-refractivity contribution in [1.82, 2.24) is 5.32 Å². The van der Waals surface area contributed by atoms with Crippen LogP contribution in [-0.2, 0) is 16.0 Å². The summed E-state index contributed by atoms with van der Waals surface area (Å²) >= 11 is 1.13. The molecule has 0 radical (unpaired) electrons. The summed E-state index contributed by atoms with van der Waals surface area (Å²) in [6.45, 7) is 1.92. The predicted octanol–water partition coefficient (Wildman–Crippen LogP) is 1.43. The lowest BCUT2D eigenvalue weighted by molar-refractivity contribution is -0.120. The van der Waals surface area contributed by atoms with Gasteiger partial charge in [0.15, 0.2) is 16.6 Å². The molecule has 0 spiro atoms. The molecule has 0 saturated heterocycles. The van der Waals surface area contributed by atoms with E-state index in [0.29, 0.717) is 25.1 Å². The lowest BCUT2D eigenvalue weighted by Crippen LogP contribution is -2.25. The van der Waals surface area contributed by atoms with Crippen LogP contribution in [0.1, 0.15) is 18.9 Å². The molecule has 1 amide bonds. The van der Waals surface area contributed by atoms with E-state index < -0.39 is 0 Å². The largest absolute Gasteiger partial charge is 0.504 e. The van der Waals surface area contributed by atoms with Crippen LogP contribution in [0.5, 0.6) is 11.5 Å². The molecule has 0 aromatic heterocycles. The summed E-state index contributed by atoms with van der Waals surface area (Å²) in [5, 5.41) is 21.2. The zero-order valence-corrected chi connectivity index (χ0v) is 11.5.